The van der Waals surface area contributed by atoms with E-state index in [9.17, 15) is 9.90 Å². The molecule has 0 bridgehead atoms. The molecule has 98 valence electrons. The van der Waals surface area contributed by atoms with Gasteiger partial charge in [0, 0.05) is 17.8 Å². The minimum Gasteiger partial charge on any atom is -0.385 e. The summed E-state index contributed by atoms with van der Waals surface area (Å²) < 4.78 is 1.90. The SMILES string of the molecule is CCC(CC)C(O)C(=O)Cc1cn2ccsc2n1. The fourth-order valence-corrected chi connectivity index (χ4v) is 2.86. The smallest absolute Gasteiger partial charge is 0.193 e. The molecule has 0 saturated carbocycles. The second-order valence-corrected chi connectivity index (χ2v) is 5.36. The van der Waals surface area contributed by atoms with E-state index in [1.54, 1.807) is 0 Å². The molecule has 0 fully saturated rings. The summed E-state index contributed by atoms with van der Waals surface area (Å²) in [4.78, 5) is 17.2. The van der Waals surface area contributed by atoms with Crippen molar-refractivity contribution in [3.05, 3.63) is 23.5 Å². The van der Waals surface area contributed by atoms with Gasteiger partial charge in [0.1, 0.15) is 6.10 Å². The van der Waals surface area contributed by atoms with Crippen molar-refractivity contribution in [2.75, 3.05) is 0 Å². The number of rotatable bonds is 6. The highest BCUT2D eigenvalue weighted by atomic mass is 32.1. The Hall–Kier alpha value is -1.20. The zero-order valence-electron chi connectivity index (χ0n) is 10.7. The Balaban J connectivity index is 2.04. The summed E-state index contributed by atoms with van der Waals surface area (Å²) >= 11 is 1.54. The number of hydrogen-bond donors (Lipinski definition) is 1. The lowest BCUT2D eigenvalue weighted by atomic mass is 9.92. The van der Waals surface area contributed by atoms with Crippen molar-refractivity contribution in [1.82, 2.24) is 9.38 Å². The standard InChI is InChI=1S/C13H18N2O2S/c1-3-9(4-2)12(17)11(16)7-10-8-15-5-6-18-13(15)14-10/h5-6,8-9,12,17H,3-4,7H2,1-2H3. The van der Waals surface area contributed by atoms with Gasteiger partial charge in [-0.25, -0.2) is 4.98 Å². The molecule has 1 unspecified atom stereocenters. The van der Waals surface area contributed by atoms with E-state index in [1.165, 1.54) is 11.3 Å². The number of aliphatic hydroxyl groups excluding tert-OH is 1. The molecular weight excluding hydrogens is 248 g/mol. The van der Waals surface area contributed by atoms with Crippen LogP contribution in [0.1, 0.15) is 32.4 Å². The molecular formula is C13H18N2O2S. The van der Waals surface area contributed by atoms with E-state index >= 15 is 0 Å². The van der Waals surface area contributed by atoms with Gasteiger partial charge in [-0.3, -0.25) is 9.20 Å². The Bertz CT molecular complexity index is 499. The number of hydrogen-bond acceptors (Lipinski definition) is 4. The molecule has 0 saturated heterocycles. The molecule has 5 heteroatoms. The molecule has 1 atom stereocenters. The first kappa shape index (κ1) is 13.2. The van der Waals surface area contributed by atoms with E-state index in [0.717, 1.165) is 23.5 Å². The highest BCUT2D eigenvalue weighted by Crippen LogP contribution is 2.17. The van der Waals surface area contributed by atoms with Gasteiger partial charge in [0.25, 0.3) is 0 Å². The number of carbonyl (C=O) groups excluding carboxylic acids is 1. The van der Waals surface area contributed by atoms with Crippen LogP contribution in [0, 0.1) is 5.92 Å². The maximum absolute atomic E-state index is 12.0. The number of aromatic nitrogens is 2. The summed E-state index contributed by atoms with van der Waals surface area (Å²) in [5, 5.41) is 11.9. The molecule has 0 amide bonds. The first-order chi connectivity index (χ1) is 8.65. The number of fused-ring (bicyclic) bond motifs is 1. The lowest BCUT2D eigenvalue weighted by molar-refractivity contribution is -0.129. The van der Waals surface area contributed by atoms with Crippen molar-refractivity contribution >= 4 is 22.1 Å². The summed E-state index contributed by atoms with van der Waals surface area (Å²) in [5.41, 5.74) is 0.733. The highest BCUT2D eigenvalue weighted by Gasteiger charge is 2.23. The molecule has 2 aromatic rings. The number of thiazole rings is 1. The third-order valence-electron chi connectivity index (χ3n) is 3.32. The number of ketones is 1. The lowest BCUT2D eigenvalue weighted by Crippen LogP contribution is -2.30. The van der Waals surface area contributed by atoms with Gasteiger partial charge < -0.3 is 5.11 Å². The molecule has 0 aliphatic carbocycles. The maximum Gasteiger partial charge on any atom is 0.193 e. The van der Waals surface area contributed by atoms with E-state index in [1.807, 2.05) is 36.0 Å². The quantitative estimate of drug-likeness (QED) is 0.873. The van der Waals surface area contributed by atoms with Crippen molar-refractivity contribution in [1.29, 1.82) is 0 Å². The minimum absolute atomic E-state index is 0.0567. The van der Waals surface area contributed by atoms with Crippen LogP contribution in [0.2, 0.25) is 0 Å². The molecule has 2 rings (SSSR count). The zero-order chi connectivity index (χ0) is 13.1. The Morgan fingerprint density at radius 3 is 2.83 bits per heavy atom. The summed E-state index contributed by atoms with van der Waals surface area (Å²) in [7, 11) is 0. The van der Waals surface area contributed by atoms with Crippen molar-refractivity contribution in [3.8, 4) is 0 Å². The average molecular weight is 266 g/mol. The first-order valence-electron chi connectivity index (χ1n) is 6.27. The van der Waals surface area contributed by atoms with Gasteiger partial charge in [-0.05, 0) is 5.92 Å². The van der Waals surface area contributed by atoms with Crippen LogP contribution in [0.4, 0.5) is 0 Å². The van der Waals surface area contributed by atoms with Crippen LogP contribution in [0.15, 0.2) is 17.8 Å². The fourth-order valence-electron chi connectivity index (χ4n) is 2.14. The van der Waals surface area contributed by atoms with Gasteiger partial charge in [-0.2, -0.15) is 0 Å². The first-order valence-corrected chi connectivity index (χ1v) is 7.15. The number of Topliss-reactive ketones (excluding diaryl/α,β-unsaturated/α-hetero) is 1. The number of carbonyl (C=O) groups is 1. The van der Waals surface area contributed by atoms with E-state index < -0.39 is 6.10 Å². The summed E-state index contributed by atoms with van der Waals surface area (Å²) in [6.07, 6.45) is 4.76. The van der Waals surface area contributed by atoms with Crippen LogP contribution in [-0.2, 0) is 11.2 Å². The fraction of sp³-hybridized carbons (Fsp3) is 0.538. The second-order valence-electron chi connectivity index (χ2n) is 4.49. The summed E-state index contributed by atoms with van der Waals surface area (Å²) in [6, 6.07) is 0. The van der Waals surface area contributed by atoms with Gasteiger partial charge in [0.2, 0.25) is 0 Å². The second kappa shape index (κ2) is 5.63. The van der Waals surface area contributed by atoms with Crippen LogP contribution in [0.5, 0.6) is 0 Å². The molecule has 2 aromatic heterocycles. The molecule has 0 aliphatic rings. The van der Waals surface area contributed by atoms with Gasteiger partial charge in [-0.1, -0.05) is 26.7 Å². The normalized spacial score (nSPS) is 13.3. The van der Waals surface area contributed by atoms with Crippen LogP contribution in [0.3, 0.4) is 0 Å². The van der Waals surface area contributed by atoms with E-state index in [2.05, 4.69) is 4.98 Å². The van der Waals surface area contributed by atoms with E-state index in [0.29, 0.717) is 0 Å². The monoisotopic (exact) mass is 266 g/mol. The van der Waals surface area contributed by atoms with Crippen LogP contribution in [-0.4, -0.2) is 26.4 Å². The Labute approximate surface area is 110 Å². The summed E-state index contributed by atoms with van der Waals surface area (Å²) in [5.74, 6) is -0.0734. The van der Waals surface area contributed by atoms with E-state index in [4.69, 9.17) is 0 Å². The predicted molar refractivity (Wildman–Crippen MR) is 71.9 cm³/mol. The molecule has 0 aromatic carbocycles. The average Bonchev–Trinajstić information content (AvgIpc) is 2.90. The van der Waals surface area contributed by atoms with Crippen LogP contribution in [0.25, 0.3) is 4.96 Å². The van der Waals surface area contributed by atoms with Gasteiger partial charge >= 0.3 is 0 Å². The van der Waals surface area contributed by atoms with Gasteiger partial charge in [-0.15, -0.1) is 11.3 Å². The third kappa shape index (κ3) is 2.62. The van der Waals surface area contributed by atoms with E-state index in [-0.39, 0.29) is 18.1 Å². The Morgan fingerprint density at radius 2 is 2.22 bits per heavy atom. The lowest BCUT2D eigenvalue weighted by Gasteiger charge is -2.18. The summed E-state index contributed by atoms with van der Waals surface area (Å²) in [6.45, 7) is 3.99. The van der Waals surface area contributed by atoms with Crippen molar-refractivity contribution in [2.45, 2.75) is 39.2 Å². The van der Waals surface area contributed by atoms with Gasteiger partial charge in [0.15, 0.2) is 10.7 Å². The molecule has 2 heterocycles. The zero-order valence-corrected chi connectivity index (χ0v) is 11.5. The predicted octanol–water partition coefficient (Wildman–Crippen LogP) is 2.30. The van der Waals surface area contributed by atoms with Crippen LogP contribution >= 0.6 is 11.3 Å². The Morgan fingerprint density at radius 1 is 1.50 bits per heavy atom. The molecule has 1 N–H and O–H groups in total. The molecule has 0 radical (unpaired) electrons. The van der Waals surface area contributed by atoms with Crippen molar-refractivity contribution in [2.24, 2.45) is 5.92 Å². The molecule has 18 heavy (non-hydrogen) atoms. The minimum atomic E-state index is -0.861. The topological polar surface area (TPSA) is 54.6 Å². The van der Waals surface area contributed by atoms with Crippen LogP contribution < -0.4 is 0 Å². The third-order valence-corrected chi connectivity index (χ3v) is 4.09. The molecule has 0 spiro atoms. The largest absolute Gasteiger partial charge is 0.385 e. The number of nitrogens with zero attached hydrogens (tertiary/aromatic N) is 2. The number of aliphatic hydroxyl groups is 1. The van der Waals surface area contributed by atoms with Gasteiger partial charge in [0.05, 0.1) is 12.1 Å². The highest BCUT2D eigenvalue weighted by molar-refractivity contribution is 7.15. The van der Waals surface area contributed by atoms with Crippen molar-refractivity contribution < 1.29 is 9.90 Å². The Kier molecular flexibility index (Phi) is 4.14. The number of imidazole rings is 1. The molecule has 0 aliphatic heterocycles. The van der Waals surface area contributed by atoms with Crippen molar-refractivity contribution in [3.63, 3.8) is 0 Å². The molecule has 4 nitrogen and oxygen atoms in total. The maximum atomic E-state index is 12.0.